The Morgan fingerprint density at radius 2 is 2.00 bits per heavy atom. The number of hydrogen-bond acceptors (Lipinski definition) is 2. The van der Waals surface area contributed by atoms with Crippen LogP contribution in [0.4, 0.5) is 4.39 Å². The van der Waals surface area contributed by atoms with Crippen LogP contribution in [-0.4, -0.2) is 4.99 Å². The van der Waals surface area contributed by atoms with Crippen LogP contribution in [0.2, 0.25) is 0 Å². The molecule has 0 heterocycles. The summed E-state index contributed by atoms with van der Waals surface area (Å²) in [5, 5.41) is 0. The van der Waals surface area contributed by atoms with E-state index in [4.69, 9.17) is 22.7 Å². The van der Waals surface area contributed by atoms with Crippen molar-refractivity contribution < 1.29 is 9.13 Å². The zero-order valence-electron chi connectivity index (χ0n) is 10.1. The summed E-state index contributed by atoms with van der Waals surface area (Å²) in [7, 11) is 0. The molecule has 5 heteroatoms. The third kappa shape index (κ3) is 3.11. The highest BCUT2D eigenvalue weighted by molar-refractivity contribution is 9.10. The van der Waals surface area contributed by atoms with Gasteiger partial charge in [0.15, 0.2) is 11.6 Å². The molecule has 0 aliphatic carbocycles. The van der Waals surface area contributed by atoms with E-state index in [9.17, 15) is 4.39 Å². The van der Waals surface area contributed by atoms with E-state index in [1.54, 1.807) is 43.3 Å². The van der Waals surface area contributed by atoms with Crippen molar-refractivity contribution >= 4 is 33.1 Å². The van der Waals surface area contributed by atoms with E-state index in [1.165, 1.54) is 0 Å². The van der Waals surface area contributed by atoms with Crippen LogP contribution in [0.25, 0.3) is 0 Å². The summed E-state index contributed by atoms with van der Waals surface area (Å²) in [6.07, 6.45) is 0. The third-order valence-electron chi connectivity index (χ3n) is 2.59. The molecule has 0 aliphatic heterocycles. The molecule has 0 fully saturated rings. The minimum absolute atomic E-state index is 0.184. The lowest BCUT2D eigenvalue weighted by molar-refractivity contribution is 0.438. The van der Waals surface area contributed by atoms with Crippen LogP contribution >= 0.6 is 28.1 Å². The molecule has 98 valence electrons. The highest BCUT2D eigenvalue weighted by Gasteiger charge is 2.10. The van der Waals surface area contributed by atoms with E-state index in [-0.39, 0.29) is 11.6 Å². The van der Waals surface area contributed by atoms with Crippen LogP contribution in [0.5, 0.6) is 11.5 Å². The van der Waals surface area contributed by atoms with Crippen molar-refractivity contribution in [1.29, 1.82) is 0 Å². The van der Waals surface area contributed by atoms with E-state index < -0.39 is 0 Å². The van der Waals surface area contributed by atoms with Crippen molar-refractivity contribution in [2.75, 3.05) is 0 Å². The maximum absolute atomic E-state index is 13.8. The molecule has 0 unspecified atom stereocenters. The van der Waals surface area contributed by atoms with Crippen molar-refractivity contribution in [1.82, 2.24) is 0 Å². The van der Waals surface area contributed by atoms with E-state index in [0.717, 1.165) is 5.56 Å². The molecule has 0 amide bonds. The minimum atomic E-state index is -0.368. The van der Waals surface area contributed by atoms with Crippen LogP contribution in [0.15, 0.2) is 40.9 Å². The Bertz CT molecular complexity index is 645. The first-order chi connectivity index (χ1) is 8.99. The number of aryl methyl sites for hydroxylation is 1. The number of nitrogens with two attached hydrogens (primary N) is 1. The Morgan fingerprint density at radius 3 is 2.63 bits per heavy atom. The first-order valence-corrected chi connectivity index (χ1v) is 6.71. The van der Waals surface area contributed by atoms with Gasteiger partial charge >= 0.3 is 0 Å². The summed E-state index contributed by atoms with van der Waals surface area (Å²) in [6, 6.07) is 10.2. The van der Waals surface area contributed by atoms with Crippen LogP contribution in [-0.2, 0) is 0 Å². The van der Waals surface area contributed by atoms with Gasteiger partial charge in [0.1, 0.15) is 10.7 Å². The highest BCUT2D eigenvalue weighted by Crippen LogP contribution is 2.32. The average molecular weight is 340 g/mol. The number of benzene rings is 2. The molecule has 0 saturated heterocycles. The molecule has 19 heavy (non-hydrogen) atoms. The van der Waals surface area contributed by atoms with Gasteiger partial charge in [0.25, 0.3) is 0 Å². The normalized spacial score (nSPS) is 10.3. The number of thiocarbonyl (C=S) groups is 1. The van der Waals surface area contributed by atoms with E-state index >= 15 is 0 Å². The highest BCUT2D eigenvalue weighted by atomic mass is 79.9. The summed E-state index contributed by atoms with van der Waals surface area (Å²) in [5.74, 6) is 0.320. The number of rotatable bonds is 3. The van der Waals surface area contributed by atoms with Gasteiger partial charge in [-0.2, -0.15) is 0 Å². The van der Waals surface area contributed by atoms with Crippen molar-refractivity contribution in [3.05, 3.63) is 57.8 Å². The van der Waals surface area contributed by atoms with Gasteiger partial charge in [-0.05, 0) is 52.7 Å². The molecule has 0 radical (unpaired) electrons. The summed E-state index contributed by atoms with van der Waals surface area (Å²) in [4.78, 5) is 0.300. The van der Waals surface area contributed by atoms with Crippen molar-refractivity contribution in [3.63, 3.8) is 0 Å². The van der Waals surface area contributed by atoms with Crippen LogP contribution in [0.1, 0.15) is 11.1 Å². The molecule has 2 N–H and O–H groups in total. The van der Waals surface area contributed by atoms with E-state index in [2.05, 4.69) is 15.9 Å². The Hall–Kier alpha value is -1.46. The SMILES string of the molecule is Cc1cccc(Oc2ccc(C(N)=S)cc2Br)c1F. The van der Waals surface area contributed by atoms with Crippen molar-refractivity contribution in [3.8, 4) is 11.5 Å². The maximum Gasteiger partial charge on any atom is 0.168 e. The standard InChI is InChI=1S/C14H11BrFNOS/c1-8-3-2-4-12(13(8)16)18-11-6-5-9(14(17)19)7-10(11)15/h2-7H,1H3,(H2,17,19). The quantitative estimate of drug-likeness (QED) is 0.845. The number of ether oxygens (including phenoxy) is 1. The van der Waals surface area contributed by atoms with Gasteiger partial charge in [0, 0.05) is 5.56 Å². The van der Waals surface area contributed by atoms with E-state index in [0.29, 0.717) is 20.8 Å². The molecule has 0 bridgehead atoms. The Labute approximate surface area is 124 Å². The number of halogens is 2. The lowest BCUT2D eigenvalue weighted by atomic mass is 10.2. The third-order valence-corrected chi connectivity index (χ3v) is 3.45. The van der Waals surface area contributed by atoms with Gasteiger partial charge in [-0.25, -0.2) is 4.39 Å². The predicted molar refractivity (Wildman–Crippen MR) is 81.2 cm³/mol. The van der Waals surface area contributed by atoms with Crippen LogP contribution in [0, 0.1) is 12.7 Å². The van der Waals surface area contributed by atoms with Gasteiger partial charge in [0.2, 0.25) is 0 Å². The Morgan fingerprint density at radius 1 is 1.26 bits per heavy atom. The van der Waals surface area contributed by atoms with E-state index in [1.807, 2.05) is 0 Å². The predicted octanol–water partition coefficient (Wildman–Crippen LogP) is 4.32. The summed E-state index contributed by atoms with van der Waals surface area (Å²) >= 11 is 8.24. The molecule has 0 saturated carbocycles. The van der Waals surface area contributed by atoms with Gasteiger partial charge in [-0.1, -0.05) is 24.4 Å². The average Bonchev–Trinajstić information content (AvgIpc) is 2.37. The first kappa shape index (κ1) is 14.0. The van der Waals surface area contributed by atoms with Gasteiger partial charge in [-0.15, -0.1) is 0 Å². The fraction of sp³-hybridized carbons (Fsp3) is 0.0714. The van der Waals surface area contributed by atoms with Crippen molar-refractivity contribution in [2.24, 2.45) is 5.73 Å². The van der Waals surface area contributed by atoms with Gasteiger partial charge < -0.3 is 10.5 Å². The second kappa shape index (κ2) is 5.67. The molecule has 2 aromatic rings. The molecule has 0 spiro atoms. The fourth-order valence-corrected chi connectivity index (χ4v) is 2.14. The maximum atomic E-state index is 13.8. The lowest BCUT2D eigenvalue weighted by Crippen LogP contribution is -2.09. The monoisotopic (exact) mass is 339 g/mol. The van der Waals surface area contributed by atoms with Gasteiger partial charge in [0.05, 0.1) is 4.47 Å². The first-order valence-electron chi connectivity index (χ1n) is 5.51. The van der Waals surface area contributed by atoms with Gasteiger partial charge in [-0.3, -0.25) is 0 Å². The molecular weight excluding hydrogens is 329 g/mol. The zero-order chi connectivity index (χ0) is 14.0. The molecule has 0 atom stereocenters. The zero-order valence-corrected chi connectivity index (χ0v) is 12.5. The lowest BCUT2D eigenvalue weighted by Gasteiger charge is -2.10. The van der Waals surface area contributed by atoms with Crippen molar-refractivity contribution in [2.45, 2.75) is 6.92 Å². The molecule has 2 aromatic carbocycles. The molecule has 2 nitrogen and oxygen atoms in total. The summed E-state index contributed by atoms with van der Waals surface area (Å²) in [5.41, 5.74) is 6.80. The molecular formula is C14H11BrFNOS. The minimum Gasteiger partial charge on any atom is -0.453 e. The second-order valence-corrected chi connectivity index (χ2v) is 5.29. The summed E-state index contributed by atoms with van der Waals surface area (Å²) < 4.78 is 20.1. The van der Waals surface area contributed by atoms with Crippen LogP contribution in [0.3, 0.4) is 0 Å². The topological polar surface area (TPSA) is 35.2 Å². The summed E-state index contributed by atoms with van der Waals surface area (Å²) in [6.45, 7) is 1.69. The molecule has 0 aromatic heterocycles. The molecule has 0 aliphatic rings. The molecule has 2 rings (SSSR count). The Balaban J connectivity index is 2.34. The number of hydrogen-bond donors (Lipinski definition) is 1. The Kier molecular flexibility index (Phi) is 4.17. The van der Waals surface area contributed by atoms with Crippen LogP contribution < -0.4 is 10.5 Å². The fourth-order valence-electron chi connectivity index (χ4n) is 1.55. The smallest absolute Gasteiger partial charge is 0.168 e. The second-order valence-electron chi connectivity index (χ2n) is 4.00. The largest absolute Gasteiger partial charge is 0.453 e.